The van der Waals surface area contributed by atoms with Crippen LogP contribution in [0.15, 0.2) is 48.6 Å². The third-order valence-electron chi connectivity index (χ3n) is 11.3. The topological polar surface area (TPSA) is 78.9 Å². The van der Waals surface area contributed by atoms with E-state index in [0.29, 0.717) is 19.3 Å². The average molecular weight is 855 g/mol. The quantitative estimate of drug-likeness (QED) is 0.0263. The van der Waals surface area contributed by atoms with Crippen LogP contribution < -0.4 is 0 Å². The van der Waals surface area contributed by atoms with Gasteiger partial charge in [-0.3, -0.25) is 14.4 Å². The Bertz CT molecular complexity index is 1070. The van der Waals surface area contributed by atoms with Crippen molar-refractivity contribution in [1.29, 1.82) is 0 Å². The summed E-state index contributed by atoms with van der Waals surface area (Å²) in [5, 5.41) is 0. The highest BCUT2D eigenvalue weighted by molar-refractivity contribution is 5.71. The Labute approximate surface area is 378 Å². The molecule has 6 heteroatoms. The van der Waals surface area contributed by atoms with E-state index in [1.807, 2.05) is 0 Å². The molecular weight excluding hydrogens is 757 g/mol. The molecule has 0 saturated carbocycles. The molecule has 0 aliphatic heterocycles. The summed E-state index contributed by atoms with van der Waals surface area (Å²) in [6, 6.07) is 0. The molecule has 0 heterocycles. The van der Waals surface area contributed by atoms with Gasteiger partial charge in [0.1, 0.15) is 13.2 Å². The van der Waals surface area contributed by atoms with Crippen molar-refractivity contribution in [3.63, 3.8) is 0 Å². The van der Waals surface area contributed by atoms with Gasteiger partial charge in [0, 0.05) is 19.3 Å². The van der Waals surface area contributed by atoms with Crippen molar-refractivity contribution in [2.24, 2.45) is 0 Å². The predicted molar refractivity (Wildman–Crippen MR) is 261 cm³/mol. The lowest BCUT2D eigenvalue weighted by atomic mass is 10.0. The number of unbranched alkanes of at least 4 members (excludes halogenated alkanes) is 28. The minimum Gasteiger partial charge on any atom is -0.462 e. The highest BCUT2D eigenvalue weighted by Crippen LogP contribution is 2.16. The molecule has 6 nitrogen and oxygen atoms in total. The predicted octanol–water partition coefficient (Wildman–Crippen LogP) is 17.1. The van der Waals surface area contributed by atoms with Crippen molar-refractivity contribution in [2.45, 2.75) is 271 Å². The lowest BCUT2D eigenvalue weighted by molar-refractivity contribution is -0.167. The summed E-state index contributed by atoms with van der Waals surface area (Å²) in [7, 11) is 0. The van der Waals surface area contributed by atoms with Crippen LogP contribution in [0.5, 0.6) is 0 Å². The average Bonchev–Trinajstić information content (AvgIpc) is 3.26. The Kier molecular flexibility index (Phi) is 47.9. The van der Waals surface area contributed by atoms with Crippen LogP contribution >= 0.6 is 0 Å². The smallest absolute Gasteiger partial charge is 0.306 e. The fraction of sp³-hybridized carbons (Fsp3) is 0.800. The van der Waals surface area contributed by atoms with Gasteiger partial charge in [0.15, 0.2) is 6.10 Å². The Morgan fingerprint density at radius 1 is 0.344 bits per heavy atom. The van der Waals surface area contributed by atoms with E-state index in [0.717, 1.165) is 77.0 Å². The maximum atomic E-state index is 12.8. The molecule has 0 spiro atoms. The normalized spacial score (nSPS) is 12.4. The standard InChI is InChI=1S/C55H98O6/c1-4-7-10-13-16-19-22-24-25-26-27-28-29-31-33-36-39-42-45-48-54(57)60-51-52(50-59-53(56)47-44-41-38-35-32-21-18-15-12-9-6-3)61-55(58)49-46-43-40-37-34-30-23-20-17-14-11-8-5-2/h9,12,18,21,30,34-35,38,52H,4-8,10-11,13-17,19-20,22-29,31-33,36-37,39-51H2,1-3H3/b12-9-,21-18-,34-30-,38-35-. The summed E-state index contributed by atoms with van der Waals surface area (Å²) in [6.45, 7) is 6.47. The van der Waals surface area contributed by atoms with Crippen LogP contribution in [-0.2, 0) is 28.6 Å². The molecule has 0 aliphatic rings. The molecule has 0 saturated heterocycles. The number of carbonyl (C=O) groups is 3. The molecule has 61 heavy (non-hydrogen) atoms. The number of allylic oxidation sites excluding steroid dienone is 8. The molecule has 354 valence electrons. The van der Waals surface area contributed by atoms with E-state index in [2.05, 4.69) is 69.4 Å². The number of hydrogen-bond donors (Lipinski definition) is 0. The number of rotatable bonds is 47. The summed E-state index contributed by atoms with van der Waals surface area (Å²) in [5.74, 6) is -0.958. The molecule has 1 unspecified atom stereocenters. The minimum atomic E-state index is -0.797. The van der Waals surface area contributed by atoms with Crippen LogP contribution in [0.2, 0.25) is 0 Å². The van der Waals surface area contributed by atoms with Crippen molar-refractivity contribution in [3.05, 3.63) is 48.6 Å². The molecular formula is C55H98O6. The molecule has 0 aromatic rings. The van der Waals surface area contributed by atoms with Gasteiger partial charge in [0.25, 0.3) is 0 Å². The molecule has 0 aromatic carbocycles. The Morgan fingerprint density at radius 3 is 1.10 bits per heavy atom. The largest absolute Gasteiger partial charge is 0.462 e. The molecule has 0 rings (SSSR count). The first-order chi connectivity index (χ1) is 30.0. The van der Waals surface area contributed by atoms with Crippen LogP contribution in [0.4, 0.5) is 0 Å². The van der Waals surface area contributed by atoms with Gasteiger partial charge in [-0.2, -0.15) is 0 Å². The summed E-state index contributed by atoms with van der Waals surface area (Å²) < 4.78 is 16.7. The number of esters is 3. The fourth-order valence-corrected chi connectivity index (χ4v) is 7.40. The molecule has 0 radical (unpaired) electrons. The van der Waals surface area contributed by atoms with Gasteiger partial charge < -0.3 is 14.2 Å². The SMILES string of the molecule is CC/C=C\C/C=C\C/C=C\CCCC(=O)OCC(COC(=O)CCCCCCCCCCCCCCCCCCCCC)OC(=O)CCCCC/C=C\CCCCCCCC. The van der Waals surface area contributed by atoms with E-state index >= 15 is 0 Å². The molecule has 0 fully saturated rings. The lowest BCUT2D eigenvalue weighted by Crippen LogP contribution is -2.30. The van der Waals surface area contributed by atoms with Crippen molar-refractivity contribution in [1.82, 2.24) is 0 Å². The summed E-state index contributed by atoms with van der Waals surface area (Å²) in [5.41, 5.74) is 0. The highest BCUT2D eigenvalue weighted by atomic mass is 16.6. The van der Waals surface area contributed by atoms with Crippen LogP contribution in [0.25, 0.3) is 0 Å². The second-order valence-corrected chi connectivity index (χ2v) is 17.4. The van der Waals surface area contributed by atoms with Crippen LogP contribution in [0.1, 0.15) is 265 Å². The minimum absolute atomic E-state index is 0.0924. The molecule has 0 bridgehead atoms. The van der Waals surface area contributed by atoms with E-state index in [1.165, 1.54) is 141 Å². The molecule has 0 amide bonds. The first-order valence-electron chi connectivity index (χ1n) is 26.1. The molecule has 0 aromatic heterocycles. The van der Waals surface area contributed by atoms with Gasteiger partial charge in [0.2, 0.25) is 0 Å². The van der Waals surface area contributed by atoms with Crippen molar-refractivity contribution in [2.75, 3.05) is 13.2 Å². The van der Waals surface area contributed by atoms with Crippen LogP contribution in [-0.4, -0.2) is 37.2 Å². The Morgan fingerprint density at radius 2 is 0.656 bits per heavy atom. The van der Waals surface area contributed by atoms with Crippen molar-refractivity contribution < 1.29 is 28.6 Å². The zero-order valence-corrected chi connectivity index (χ0v) is 40.4. The zero-order chi connectivity index (χ0) is 44.4. The van der Waals surface area contributed by atoms with E-state index in [-0.39, 0.29) is 37.5 Å². The van der Waals surface area contributed by atoms with Crippen molar-refractivity contribution >= 4 is 17.9 Å². The first kappa shape index (κ1) is 58.4. The second-order valence-electron chi connectivity index (χ2n) is 17.4. The monoisotopic (exact) mass is 855 g/mol. The van der Waals surface area contributed by atoms with E-state index in [4.69, 9.17) is 14.2 Å². The second kappa shape index (κ2) is 50.0. The van der Waals surface area contributed by atoms with Gasteiger partial charge in [-0.25, -0.2) is 0 Å². The first-order valence-corrected chi connectivity index (χ1v) is 26.1. The zero-order valence-electron chi connectivity index (χ0n) is 40.4. The fourth-order valence-electron chi connectivity index (χ4n) is 7.40. The highest BCUT2D eigenvalue weighted by Gasteiger charge is 2.19. The van der Waals surface area contributed by atoms with Gasteiger partial charge in [-0.05, 0) is 70.6 Å². The van der Waals surface area contributed by atoms with Gasteiger partial charge in [-0.1, -0.05) is 223 Å². The summed E-state index contributed by atoms with van der Waals surface area (Å²) in [4.78, 5) is 37.9. The third kappa shape index (κ3) is 48.3. The third-order valence-corrected chi connectivity index (χ3v) is 11.3. The van der Waals surface area contributed by atoms with Crippen molar-refractivity contribution in [3.8, 4) is 0 Å². The van der Waals surface area contributed by atoms with E-state index < -0.39 is 6.10 Å². The van der Waals surface area contributed by atoms with Crippen LogP contribution in [0.3, 0.4) is 0 Å². The van der Waals surface area contributed by atoms with Crippen LogP contribution in [0, 0.1) is 0 Å². The number of hydrogen-bond acceptors (Lipinski definition) is 6. The van der Waals surface area contributed by atoms with E-state index in [9.17, 15) is 14.4 Å². The maximum Gasteiger partial charge on any atom is 0.306 e. The Balaban J connectivity index is 4.34. The summed E-state index contributed by atoms with van der Waals surface area (Å²) in [6.07, 6.45) is 59.7. The number of ether oxygens (including phenoxy) is 3. The van der Waals surface area contributed by atoms with Gasteiger partial charge >= 0.3 is 17.9 Å². The number of carbonyl (C=O) groups excluding carboxylic acids is 3. The maximum absolute atomic E-state index is 12.8. The molecule has 0 N–H and O–H groups in total. The van der Waals surface area contributed by atoms with Gasteiger partial charge in [0.05, 0.1) is 0 Å². The summed E-state index contributed by atoms with van der Waals surface area (Å²) >= 11 is 0. The lowest BCUT2D eigenvalue weighted by Gasteiger charge is -2.18. The van der Waals surface area contributed by atoms with Gasteiger partial charge in [-0.15, -0.1) is 0 Å². The Hall–Kier alpha value is -2.63. The molecule has 0 aliphatic carbocycles. The molecule has 1 atom stereocenters. The van der Waals surface area contributed by atoms with E-state index in [1.54, 1.807) is 0 Å².